The molecule has 1 N–H and O–H groups in total. The van der Waals surface area contributed by atoms with E-state index in [1.165, 1.54) is 0 Å². The first-order valence-electron chi connectivity index (χ1n) is 12.2. The van der Waals surface area contributed by atoms with Crippen LogP contribution in [0.25, 0.3) is 10.4 Å². The van der Waals surface area contributed by atoms with Crippen LogP contribution < -0.4 is 9.47 Å². The quantitative estimate of drug-likeness (QED) is 0.399. The number of aliphatic hydroxyl groups excluding tert-OH is 1. The molecule has 0 aliphatic heterocycles. The lowest BCUT2D eigenvalue weighted by Gasteiger charge is -2.26. The average molecular weight is 493 g/mol. The molecule has 5 rings (SSSR count). The van der Waals surface area contributed by atoms with Gasteiger partial charge < -0.3 is 19.5 Å². The van der Waals surface area contributed by atoms with Gasteiger partial charge >= 0.3 is 0 Å². The van der Waals surface area contributed by atoms with Crippen LogP contribution in [0, 0.1) is 12.8 Å². The topological polar surface area (TPSA) is 71.9 Å². The number of hydrogen-bond donors (Lipinski definition) is 1. The van der Waals surface area contributed by atoms with Gasteiger partial charge in [0.05, 0.1) is 36.8 Å². The van der Waals surface area contributed by atoms with Gasteiger partial charge in [-0.1, -0.05) is 35.9 Å². The highest BCUT2D eigenvalue weighted by Gasteiger charge is 2.34. The fraction of sp³-hybridized carbons (Fsp3) is 0.429. The van der Waals surface area contributed by atoms with Crippen LogP contribution in [0.1, 0.15) is 64.3 Å². The first-order valence-corrected chi connectivity index (χ1v) is 13.1. The van der Waals surface area contributed by atoms with Crippen molar-refractivity contribution in [2.45, 2.75) is 44.6 Å². The number of rotatable bonds is 10. The number of ether oxygens (including phenoxy) is 2. The molecule has 2 saturated carbocycles. The lowest BCUT2D eigenvalue weighted by Crippen LogP contribution is -2.37. The van der Waals surface area contributed by atoms with Gasteiger partial charge in [-0.25, -0.2) is 4.98 Å². The van der Waals surface area contributed by atoms with Gasteiger partial charge in [0.25, 0.3) is 5.91 Å². The van der Waals surface area contributed by atoms with Crippen molar-refractivity contribution in [3.05, 3.63) is 64.3 Å². The summed E-state index contributed by atoms with van der Waals surface area (Å²) < 4.78 is 10.7. The lowest BCUT2D eigenvalue weighted by molar-refractivity contribution is 0.0606. The summed E-state index contributed by atoms with van der Waals surface area (Å²) in [7, 11) is 3.16. The standard InChI is InChI=1S/C28H32N2O4S/c1-17-5-4-6-21(13-17)26-25(29-27(35-26)19-9-10-19)28(32)30(15-18-7-8-18)16-22(31)20-11-12-23(33-2)24(14-20)34-3/h4-6,11-14,18-19,22,31H,7-10,15-16H2,1-3H3. The molecule has 0 radical (unpaired) electrons. The molecule has 0 spiro atoms. The van der Waals surface area contributed by atoms with E-state index < -0.39 is 6.10 Å². The molecule has 2 fully saturated rings. The minimum absolute atomic E-state index is 0.101. The van der Waals surface area contributed by atoms with Crippen molar-refractivity contribution in [3.63, 3.8) is 0 Å². The van der Waals surface area contributed by atoms with E-state index in [9.17, 15) is 9.90 Å². The minimum Gasteiger partial charge on any atom is -0.493 e. The fourth-order valence-electron chi connectivity index (χ4n) is 4.34. The van der Waals surface area contributed by atoms with E-state index in [1.807, 2.05) is 12.1 Å². The van der Waals surface area contributed by atoms with Crippen LogP contribution in [-0.2, 0) is 0 Å². The van der Waals surface area contributed by atoms with Crippen LogP contribution in [-0.4, -0.2) is 48.2 Å². The van der Waals surface area contributed by atoms with E-state index in [0.29, 0.717) is 41.1 Å². The Balaban J connectivity index is 1.44. The summed E-state index contributed by atoms with van der Waals surface area (Å²) in [6, 6.07) is 13.6. The van der Waals surface area contributed by atoms with Gasteiger partial charge in [0, 0.05) is 12.5 Å². The van der Waals surface area contributed by atoms with Crippen molar-refractivity contribution in [2.24, 2.45) is 5.92 Å². The molecule has 7 heteroatoms. The summed E-state index contributed by atoms with van der Waals surface area (Å²) in [5.74, 6) is 2.02. The molecule has 2 aliphatic carbocycles. The van der Waals surface area contributed by atoms with E-state index in [0.717, 1.165) is 46.7 Å². The highest BCUT2D eigenvalue weighted by Crippen LogP contribution is 2.45. The summed E-state index contributed by atoms with van der Waals surface area (Å²) >= 11 is 1.64. The largest absolute Gasteiger partial charge is 0.493 e. The number of aliphatic hydroxyl groups is 1. The van der Waals surface area contributed by atoms with Crippen molar-refractivity contribution in [1.29, 1.82) is 0 Å². The van der Waals surface area contributed by atoms with Crippen molar-refractivity contribution in [2.75, 3.05) is 27.3 Å². The molecule has 1 atom stereocenters. The minimum atomic E-state index is -0.846. The second-order valence-electron chi connectivity index (χ2n) is 9.66. The molecule has 2 aromatic carbocycles. The zero-order chi connectivity index (χ0) is 24.5. The molecule has 0 saturated heterocycles. The normalized spacial score (nSPS) is 16.1. The summed E-state index contributed by atoms with van der Waals surface area (Å²) in [4.78, 5) is 21.5. The van der Waals surface area contributed by atoms with Crippen molar-refractivity contribution >= 4 is 17.2 Å². The number of carbonyl (C=O) groups is 1. The molecule has 184 valence electrons. The number of amides is 1. The van der Waals surface area contributed by atoms with E-state index in [1.54, 1.807) is 42.6 Å². The maximum Gasteiger partial charge on any atom is 0.274 e. The predicted molar refractivity (Wildman–Crippen MR) is 137 cm³/mol. The number of aromatic nitrogens is 1. The second kappa shape index (κ2) is 9.99. The molecular weight excluding hydrogens is 460 g/mol. The summed E-state index contributed by atoms with van der Waals surface area (Å²) in [5.41, 5.74) is 3.39. The van der Waals surface area contributed by atoms with Gasteiger partial charge in [0.1, 0.15) is 5.69 Å². The maximum absolute atomic E-state index is 13.9. The van der Waals surface area contributed by atoms with Crippen molar-refractivity contribution in [3.8, 4) is 21.9 Å². The molecular formula is C28H32N2O4S. The maximum atomic E-state index is 13.9. The Morgan fingerprint density at radius 3 is 2.54 bits per heavy atom. The third kappa shape index (κ3) is 5.36. The Morgan fingerprint density at radius 2 is 1.89 bits per heavy atom. The van der Waals surface area contributed by atoms with Crippen LogP contribution in [0.2, 0.25) is 0 Å². The molecule has 3 aromatic rings. The van der Waals surface area contributed by atoms with Gasteiger partial charge in [0.2, 0.25) is 0 Å². The molecule has 35 heavy (non-hydrogen) atoms. The highest BCUT2D eigenvalue weighted by molar-refractivity contribution is 7.15. The Kier molecular flexibility index (Phi) is 6.80. The average Bonchev–Trinajstić information content (AvgIpc) is 3.81. The number of methoxy groups -OCH3 is 2. The summed E-state index contributed by atoms with van der Waals surface area (Å²) in [5, 5.41) is 12.2. The third-order valence-electron chi connectivity index (χ3n) is 6.70. The first-order chi connectivity index (χ1) is 17.0. The van der Waals surface area contributed by atoms with Crippen molar-refractivity contribution < 1.29 is 19.4 Å². The van der Waals surface area contributed by atoms with E-state index >= 15 is 0 Å². The van der Waals surface area contributed by atoms with E-state index in [-0.39, 0.29) is 12.5 Å². The predicted octanol–water partition coefficient (Wildman–Crippen LogP) is 5.60. The zero-order valence-corrected chi connectivity index (χ0v) is 21.3. The van der Waals surface area contributed by atoms with Gasteiger partial charge in [-0.05, 0) is 61.8 Å². The van der Waals surface area contributed by atoms with Crippen LogP contribution in [0.4, 0.5) is 0 Å². The Hall–Kier alpha value is -2.90. The zero-order valence-electron chi connectivity index (χ0n) is 20.5. The Labute approximate surface area is 210 Å². The van der Waals surface area contributed by atoms with E-state index in [2.05, 4.69) is 25.1 Å². The van der Waals surface area contributed by atoms with Crippen molar-refractivity contribution in [1.82, 2.24) is 9.88 Å². The number of nitrogens with zero attached hydrogens (tertiary/aromatic N) is 2. The van der Waals surface area contributed by atoms with Gasteiger partial charge in [-0.2, -0.15) is 0 Å². The number of aryl methyl sites for hydroxylation is 1. The van der Waals surface area contributed by atoms with Crippen LogP contribution >= 0.6 is 11.3 Å². The number of hydrogen-bond acceptors (Lipinski definition) is 6. The number of benzene rings is 2. The van der Waals surface area contributed by atoms with Gasteiger partial charge in [-0.3, -0.25) is 4.79 Å². The van der Waals surface area contributed by atoms with Crippen LogP contribution in [0.15, 0.2) is 42.5 Å². The highest BCUT2D eigenvalue weighted by atomic mass is 32.1. The SMILES string of the molecule is COc1ccc(C(O)CN(CC2CC2)C(=O)c2nc(C3CC3)sc2-c2cccc(C)c2)cc1OC. The molecule has 1 amide bonds. The Morgan fingerprint density at radius 1 is 1.11 bits per heavy atom. The molecule has 6 nitrogen and oxygen atoms in total. The number of thiazole rings is 1. The first kappa shape index (κ1) is 23.8. The molecule has 0 bridgehead atoms. The monoisotopic (exact) mass is 492 g/mol. The second-order valence-corrected chi connectivity index (χ2v) is 10.7. The third-order valence-corrected chi connectivity index (χ3v) is 7.97. The Bertz CT molecular complexity index is 1220. The summed E-state index contributed by atoms with van der Waals surface area (Å²) in [6.45, 7) is 2.90. The summed E-state index contributed by atoms with van der Waals surface area (Å²) in [6.07, 6.45) is 3.66. The molecule has 1 heterocycles. The van der Waals surface area contributed by atoms with E-state index in [4.69, 9.17) is 14.5 Å². The van der Waals surface area contributed by atoms with Crippen LogP contribution in [0.3, 0.4) is 0 Å². The van der Waals surface area contributed by atoms with Gasteiger partial charge in [-0.15, -0.1) is 11.3 Å². The smallest absolute Gasteiger partial charge is 0.274 e. The molecule has 1 unspecified atom stereocenters. The number of carbonyl (C=O) groups excluding carboxylic acids is 1. The molecule has 1 aromatic heterocycles. The fourth-order valence-corrected chi connectivity index (χ4v) is 5.57. The lowest BCUT2D eigenvalue weighted by atomic mass is 10.1. The molecule has 2 aliphatic rings. The van der Waals surface area contributed by atoms with Crippen LogP contribution in [0.5, 0.6) is 11.5 Å². The van der Waals surface area contributed by atoms with Gasteiger partial charge in [0.15, 0.2) is 11.5 Å².